The number of rotatable bonds is 4. The molecule has 3 N–H and O–H groups in total. The minimum absolute atomic E-state index is 0.0947. The maximum atomic E-state index is 14.1. The van der Waals surface area contributed by atoms with Gasteiger partial charge in [0.2, 0.25) is 5.91 Å². The maximum absolute atomic E-state index is 14.1. The summed E-state index contributed by atoms with van der Waals surface area (Å²) in [4.78, 5) is 21.9. The molecule has 0 saturated carbocycles. The van der Waals surface area contributed by atoms with Crippen molar-refractivity contribution in [2.24, 2.45) is 0 Å². The lowest BCUT2D eigenvalue weighted by molar-refractivity contribution is -0.132. The van der Waals surface area contributed by atoms with Crippen molar-refractivity contribution in [3.05, 3.63) is 53.6 Å². The molecule has 0 spiro atoms. The van der Waals surface area contributed by atoms with Gasteiger partial charge in [0.15, 0.2) is 0 Å². The predicted octanol–water partition coefficient (Wildman–Crippen LogP) is 3.48. The van der Waals surface area contributed by atoms with Crippen molar-refractivity contribution in [3.63, 3.8) is 0 Å². The maximum Gasteiger partial charge on any atom is 0.230 e. The van der Waals surface area contributed by atoms with E-state index in [9.17, 15) is 9.18 Å². The van der Waals surface area contributed by atoms with Crippen molar-refractivity contribution in [2.45, 2.75) is 18.9 Å². The molecule has 1 aliphatic heterocycles. The molecule has 0 unspecified atom stereocenters. The number of thioether (sulfide) groups is 1. The van der Waals surface area contributed by atoms with Gasteiger partial charge in [0, 0.05) is 18.7 Å². The summed E-state index contributed by atoms with van der Waals surface area (Å²) in [5.41, 5.74) is 3.01. The fourth-order valence-electron chi connectivity index (χ4n) is 3.36. The smallest absolute Gasteiger partial charge is 0.230 e. The zero-order valence-electron chi connectivity index (χ0n) is 14.2. The normalized spacial score (nSPS) is 16.3. The molecule has 2 aromatic heterocycles. The van der Waals surface area contributed by atoms with E-state index in [4.69, 9.17) is 15.2 Å². The van der Waals surface area contributed by atoms with E-state index < -0.39 is 6.04 Å². The van der Waals surface area contributed by atoms with Gasteiger partial charge in [0.25, 0.3) is 0 Å². The Morgan fingerprint density at radius 1 is 1.52 bits per heavy atom. The molecule has 0 bridgehead atoms. The van der Waals surface area contributed by atoms with Gasteiger partial charge >= 0.3 is 0 Å². The third kappa shape index (κ3) is 3.14. The van der Waals surface area contributed by atoms with Crippen molar-refractivity contribution in [1.29, 1.82) is 10.8 Å². The number of H-pyrrole nitrogens is 1. The second kappa shape index (κ2) is 6.99. The van der Waals surface area contributed by atoms with Crippen molar-refractivity contribution in [1.82, 2.24) is 14.9 Å². The summed E-state index contributed by atoms with van der Waals surface area (Å²) in [7, 11) is 0. The largest absolute Gasteiger partial charge is 0.458 e. The van der Waals surface area contributed by atoms with Crippen LogP contribution in [0, 0.1) is 16.6 Å². The zero-order chi connectivity index (χ0) is 19.0. The molecular formula is C18H16FN5O2S. The Morgan fingerprint density at radius 2 is 2.37 bits per heavy atom. The first-order valence-electron chi connectivity index (χ1n) is 8.31. The molecule has 1 aliphatic rings. The number of nitrogens with zero attached hydrogens (tertiary/aromatic N) is 2. The Kier molecular flexibility index (Phi) is 4.53. The van der Waals surface area contributed by atoms with Crippen LogP contribution in [0.3, 0.4) is 0 Å². The number of aromatic amines is 1. The third-order valence-electron chi connectivity index (χ3n) is 4.56. The van der Waals surface area contributed by atoms with Gasteiger partial charge in [-0.3, -0.25) is 10.2 Å². The number of hydrogen-bond donors (Lipinski definition) is 3. The third-order valence-corrected chi connectivity index (χ3v) is 5.10. The molecule has 3 heterocycles. The van der Waals surface area contributed by atoms with Crippen molar-refractivity contribution in [2.75, 3.05) is 6.54 Å². The Morgan fingerprint density at radius 3 is 3.15 bits per heavy atom. The number of nitrogens with one attached hydrogen (secondary N) is 3. The number of imidazole rings is 1. The van der Waals surface area contributed by atoms with Crippen LogP contribution in [0.4, 0.5) is 4.39 Å². The predicted molar refractivity (Wildman–Crippen MR) is 101 cm³/mol. The number of carbonyl (C=O) groups excluding carboxylic acids is 1. The van der Waals surface area contributed by atoms with Gasteiger partial charge in [-0.05, 0) is 18.2 Å². The first-order chi connectivity index (χ1) is 13.1. The summed E-state index contributed by atoms with van der Waals surface area (Å²) >= 11 is 0.896. The molecule has 138 valence electrons. The van der Waals surface area contributed by atoms with E-state index in [2.05, 4.69) is 9.97 Å². The van der Waals surface area contributed by atoms with Crippen molar-refractivity contribution >= 4 is 39.2 Å². The van der Waals surface area contributed by atoms with Gasteiger partial charge in [-0.1, -0.05) is 17.8 Å². The summed E-state index contributed by atoms with van der Waals surface area (Å²) < 4.78 is 20.0. The Labute approximate surface area is 158 Å². The first-order valence-corrected chi connectivity index (χ1v) is 9.19. The highest BCUT2D eigenvalue weighted by Gasteiger charge is 2.36. The van der Waals surface area contributed by atoms with Crippen LogP contribution in [0.15, 0.2) is 35.0 Å². The second-order valence-corrected chi connectivity index (χ2v) is 7.11. The molecule has 1 atom stereocenters. The number of fused-ring (bicyclic) bond motifs is 2. The van der Waals surface area contributed by atoms with Crippen LogP contribution in [-0.2, 0) is 11.2 Å². The van der Waals surface area contributed by atoms with Gasteiger partial charge < -0.3 is 19.7 Å². The molecule has 1 amide bonds. The average molecular weight is 385 g/mol. The summed E-state index contributed by atoms with van der Waals surface area (Å²) in [5.74, 6) is -0.209. The minimum atomic E-state index is -0.586. The highest BCUT2D eigenvalue weighted by atomic mass is 32.2. The van der Waals surface area contributed by atoms with Gasteiger partial charge in [-0.15, -0.1) is 0 Å². The molecule has 0 saturated heterocycles. The molecule has 7 nitrogen and oxygen atoms in total. The zero-order valence-corrected chi connectivity index (χ0v) is 15.0. The van der Waals surface area contributed by atoms with E-state index in [0.29, 0.717) is 35.4 Å². The van der Waals surface area contributed by atoms with Crippen LogP contribution in [-0.4, -0.2) is 37.9 Å². The summed E-state index contributed by atoms with van der Waals surface area (Å²) in [6, 6.07) is 5.64. The molecule has 4 rings (SSSR count). The van der Waals surface area contributed by atoms with E-state index >= 15 is 0 Å². The molecule has 3 aromatic rings. The lowest BCUT2D eigenvalue weighted by Crippen LogP contribution is -2.41. The van der Waals surface area contributed by atoms with Crippen LogP contribution < -0.4 is 0 Å². The van der Waals surface area contributed by atoms with Gasteiger partial charge in [-0.2, -0.15) is 0 Å². The fraction of sp³-hybridized carbons (Fsp3) is 0.222. The minimum Gasteiger partial charge on any atom is -0.458 e. The van der Waals surface area contributed by atoms with Crippen LogP contribution in [0.25, 0.3) is 11.0 Å². The van der Waals surface area contributed by atoms with Crippen LogP contribution in [0.2, 0.25) is 0 Å². The molecule has 0 fully saturated rings. The van der Waals surface area contributed by atoms with E-state index in [1.807, 2.05) is 0 Å². The summed E-state index contributed by atoms with van der Waals surface area (Å²) in [5, 5.41) is 15.3. The van der Waals surface area contributed by atoms with Gasteiger partial charge in [0.1, 0.15) is 23.2 Å². The van der Waals surface area contributed by atoms with Crippen LogP contribution in [0.1, 0.15) is 29.6 Å². The SMILES string of the molecule is N=CSC(=N)CC(=O)N1CCc2[nH]cnc2[C@H]1c1cc2c(F)cccc2o1. The number of hydrogen-bond acceptors (Lipinski definition) is 6. The number of halogens is 1. The number of aromatic nitrogens is 2. The quantitative estimate of drug-likeness (QED) is 0.472. The Balaban J connectivity index is 1.75. The van der Waals surface area contributed by atoms with Crippen molar-refractivity contribution < 1.29 is 13.6 Å². The molecule has 27 heavy (non-hydrogen) atoms. The lowest BCUT2D eigenvalue weighted by atomic mass is 9.99. The summed E-state index contributed by atoms with van der Waals surface area (Å²) in [6.45, 7) is 0.431. The van der Waals surface area contributed by atoms with Crippen LogP contribution in [0.5, 0.6) is 0 Å². The van der Waals surface area contributed by atoms with Crippen LogP contribution >= 0.6 is 11.8 Å². The van der Waals surface area contributed by atoms with E-state index in [1.54, 1.807) is 29.4 Å². The first kappa shape index (κ1) is 17.5. The monoisotopic (exact) mass is 385 g/mol. The average Bonchev–Trinajstić information content (AvgIpc) is 3.28. The number of furan rings is 1. The lowest BCUT2D eigenvalue weighted by Gasteiger charge is -2.33. The molecular weight excluding hydrogens is 369 g/mol. The highest BCUT2D eigenvalue weighted by molar-refractivity contribution is 8.24. The second-order valence-electron chi connectivity index (χ2n) is 6.14. The standard InChI is InChI=1S/C18H16FN5O2S/c19-11-2-1-3-13-10(11)6-14(26-13)18-17-12(22-9-23-17)4-5-24(18)16(25)7-15(21)27-8-20/h1-3,6,8-9,18,20-21H,4-5,7H2,(H,22,23)/t18-/m1/s1. The Hall–Kier alpha value is -2.94. The number of benzene rings is 1. The molecule has 0 aliphatic carbocycles. The Bertz CT molecular complexity index is 1040. The van der Waals surface area contributed by atoms with Gasteiger partial charge in [-0.25, -0.2) is 9.37 Å². The summed E-state index contributed by atoms with van der Waals surface area (Å²) in [6.07, 6.45) is 2.07. The van der Waals surface area contributed by atoms with Gasteiger partial charge in [0.05, 0.1) is 34.4 Å². The highest BCUT2D eigenvalue weighted by Crippen LogP contribution is 2.37. The molecule has 9 heteroatoms. The molecule has 1 aromatic carbocycles. The van der Waals surface area contributed by atoms with E-state index in [0.717, 1.165) is 23.0 Å². The fourth-order valence-corrected chi connectivity index (χ4v) is 3.71. The number of carbonyl (C=O) groups is 1. The van der Waals surface area contributed by atoms with E-state index in [1.165, 1.54) is 6.07 Å². The topological polar surface area (TPSA) is 110 Å². The molecule has 0 radical (unpaired) electrons. The van der Waals surface area contributed by atoms with E-state index in [-0.39, 0.29) is 23.2 Å². The number of amides is 1. The van der Waals surface area contributed by atoms with Crippen molar-refractivity contribution in [3.8, 4) is 0 Å².